The second-order valence-electron chi connectivity index (χ2n) is 10.2. The highest BCUT2D eigenvalue weighted by Crippen LogP contribution is 2.41. The molecule has 0 spiro atoms. The van der Waals surface area contributed by atoms with Gasteiger partial charge in [0.2, 0.25) is 6.29 Å². The molecule has 1 saturated heterocycles. The van der Waals surface area contributed by atoms with E-state index in [0.29, 0.717) is 11.1 Å². The minimum Gasteiger partial charge on any atom is -0.496 e. The molecule has 2 heterocycles. The van der Waals surface area contributed by atoms with Gasteiger partial charge in [0.1, 0.15) is 65.6 Å². The average Bonchev–Trinajstić information content (AvgIpc) is 2.97. The molecular weight excluding hydrogens is 548 g/mol. The van der Waals surface area contributed by atoms with E-state index in [4.69, 9.17) is 23.4 Å². The van der Waals surface area contributed by atoms with Crippen LogP contribution in [0, 0.1) is 5.92 Å². The first-order chi connectivity index (χ1) is 19.6. The molecule has 14 heteroatoms. The minimum atomic E-state index is -1.74. The van der Waals surface area contributed by atoms with Crippen molar-refractivity contribution in [1.82, 2.24) is 0 Å². The molecule has 0 amide bonds. The normalized spacial score (nSPS) is 34.1. The Hall–Kier alpha value is -3.05. The maximum atomic E-state index is 12.9. The topological polar surface area (TPSA) is 229 Å². The Balaban J connectivity index is 1.64. The lowest BCUT2D eigenvalue weighted by Gasteiger charge is -2.40. The molecule has 224 valence electrons. The molecule has 1 aliphatic heterocycles. The fraction of sp³-hybridized carbons (Fsp3) is 0.519. The summed E-state index contributed by atoms with van der Waals surface area (Å²) in [5.74, 6) is -0.647. The van der Waals surface area contributed by atoms with E-state index in [9.17, 15) is 45.6 Å². The van der Waals surface area contributed by atoms with Crippen molar-refractivity contribution in [3.8, 4) is 17.2 Å². The maximum Gasteiger partial charge on any atom is 0.344 e. The van der Waals surface area contributed by atoms with E-state index in [2.05, 4.69) is 0 Å². The molecule has 10 atom stereocenters. The molecule has 2 fully saturated rings. The predicted molar refractivity (Wildman–Crippen MR) is 139 cm³/mol. The SMILES string of the molecule is COc1cccc2c(=O)oc3cc(O[C@@H]4O[C@H](CO)[C@@H](O)[C@H](O)[C@H]4O)cc(O[C@@H]4C[C@H](CO)[C@@H](O)[C@H](O)[C@H]4O)c3c12. The zero-order chi connectivity index (χ0) is 29.6. The van der Waals surface area contributed by atoms with Crippen LogP contribution in [0.2, 0.25) is 0 Å². The number of fused-ring (bicyclic) bond motifs is 3. The summed E-state index contributed by atoms with van der Waals surface area (Å²) in [5, 5.41) is 81.9. The molecule has 3 aromatic rings. The smallest absolute Gasteiger partial charge is 0.344 e. The first-order valence-corrected chi connectivity index (χ1v) is 13.0. The molecule has 5 rings (SSSR count). The summed E-state index contributed by atoms with van der Waals surface area (Å²) in [4.78, 5) is 12.9. The van der Waals surface area contributed by atoms with Gasteiger partial charge in [-0.2, -0.15) is 0 Å². The zero-order valence-corrected chi connectivity index (χ0v) is 21.8. The fourth-order valence-electron chi connectivity index (χ4n) is 5.38. The van der Waals surface area contributed by atoms with Gasteiger partial charge in [0.15, 0.2) is 0 Å². The predicted octanol–water partition coefficient (Wildman–Crippen LogP) is -2.02. The van der Waals surface area contributed by atoms with E-state index in [1.807, 2.05) is 0 Å². The molecule has 8 N–H and O–H groups in total. The zero-order valence-electron chi connectivity index (χ0n) is 21.8. The van der Waals surface area contributed by atoms with Gasteiger partial charge < -0.3 is 64.2 Å². The van der Waals surface area contributed by atoms with Crippen LogP contribution in [0.5, 0.6) is 17.2 Å². The lowest BCUT2D eigenvalue weighted by atomic mass is 9.81. The fourth-order valence-corrected chi connectivity index (χ4v) is 5.38. The number of hydrogen-bond acceptors (Lipinski definition) is 14. The van der Waals surface area contributed by atoms with Crippen LogP contribution in [0.1, 0.15) is 6.42 Å². The van der Waals surface area contributed by atoms with E-state index in [1.54, 1.807) is 12.1 Å². The van der Waals surface area contributed by atoms with Gasteiger partial charge in [-0.3, -0.25) is 0 Å². The first-order valence-electron chi connectivity index (χ1n) is 13.0. The molecule has 1 saturated carbocycles. The van der Waals surface area contributed by atoms with Crippen molar-refractivity contribution >= 4 is 21.7 Å². The van der Waals surface area contributed by atoms with Crippen LogP contribution in [-0.4, -0.2) is 116 Å². The van der Waals surface area contributed by atoms with Crippen molar-refractivity contribution in [2.75, 3.05) is 20.3 Å². The molecule has 2 aromatic carbocycles. The Kier molecular flexibility index (Phi) is 8.39. The number of methoxy groups -OCH3 is 1. The van der Waals surface area contributed by atoms with E-state index in [1.165, 1.54) is 25.3 Å². The van der Waals surface area contributed by atoms with Crippen LogP contribution < -0.4 is 19.8 Å². The summed E-state index contributed by atoms with van der Waals surface area (Å²) in [6.07, 6.45) is -13.7. The molecule has 0 unspecified atom stereocenters. The highest BCUT2D eigenvalue weighted by atomic mass is 16.7. The van der Waals surface area contributed by atoms with Crippen molar-refractivity contribution in [3.63, 3.8) is 0 Å². The summed E-state index contributed by atoms with van der Waals surface area (Å²) in [6.45, 7) is -1.17. The molecule has 0 radical (unpaired) electrons. The number of aliphatic hydroxyl groups is 8. The highest BCUT2D eigenvalue weighted by molar-refractivity contribution is 6.11. The van der Waals surface area contributed by atoms with Gasteiger partial charge in [-0.15, -0.1) is 0 Å². The summed E-state index contributed by atoms with van der Waals surface area (Å²) < 4.78 is 28.4. The van der Waals surface area contributed by atoms with Crippen LogP contribution in [0.3, 0.4) is 0 Å². The molecule has 14 nitrogen and oxygen atoms in total. The van der Waals surface area contributed by atoms with Crippen LogP contribution >= 0.6 is 0 Å². The summed E-state index contributed by atoms with van der Waals surface area (Å²) >= 11 is 0. The number of benzene rings is 2. The average molecular weight is 581 g/mol. The van der Waals surface area contributed by atoms with Gasteiger partial charge in [-0.25, -0.2) is 4.79 Å². The van der Waals surface area contributed by atoms with Gasteiger partial charge in [0.25, 0.3) is 0 Å². The third kappa shape index (κ3) is 5.22. The van der Waals surface area contributed by atoms with Crippen LogP contribution in [0.25, 0.3) is 21.7 Å². The van der Waals surface area contributed by atoms with Gasteiger partial charge in [0, 0.05) is 30.0 Å². The van der Waals surface area contributed by atoms with Crippen molar-refractivity contribution < 1.29 is 64.2 Å². The first kappa shape index (κ1) is 29.4. The second kappa shape index (κ2) is 11.7. The van der Waals surface area contributed by atoms with Crippen molar-refractivity contribution in [2.45, 2.75) is 61.5 Å². The molecule has 0 bridgehead atoms. The third-order valence-electron chi connectivity index (χ3n) is 7.67. The molecule has 1 aromatic heterocycles. The van der Waals surface area contributed by atoms with Gasteiger partial charge in [0.05, 0.1) is 30.6 Å². The Morgan fingerprint density at radius 1 is 0.829 bits per heavy atom. The largest absolute Gasteiger partial charge is 0.496 e. The van der Waals surface area contributed by atoms with Crippen molar-refractivity contribution in [1.29, 1.82) is 0 Å². The van der Waals surface area contributed by atoms with E-state index in [0.717, 1.165) is 0 Å². The van der Waals surface area contributed by atoms with Crippen molar-refractivity contribution in [3.05, 3.63) is 40.8 Å². The van der Waals surface area contributed by atoms with E-state index < -0.39 is 79.9 Å². The van der Waals surface area contributed by atoms with E-state index in [-0.39, 0.29) is 34.3 Å². The van der Waals surface area contributed by atoms with Crippen LogP contribution in [0.15, 0.2) is 39.5 Å². The van der Waals surface area contributed by atoms with Crippen LogP contribution in [-0.2, 0) is 4.74 Å². The summed E-state index contributed by atoms with van der Waals surface area (Å²) in [5.41, 5.74) is -0.785. The minimum absolute atomic E-state index is 0.0235. The van der Waals surface area contributed by atoms with Gasteiger partial charge in [-0.05, 0) is 18.6 Å². The quantitative estimate of drug-likeness (QED) is 0.111. The lowest BCUT2D eigenvalue weighted by Crippen LogP contribution is -2.60. The Morgan fingerprint density at radius 2 is 1.56 bits per heavy atom. The Morgan fingerprint density at radius 3 is 2.24 bits per heavy atom. The number of hydrogen-bond donors (Lipinski definition) is 8. The second-order valence-corrected chi connectivity index (χ2v) is 10.2. The summed E-state index contributed by atoms with van der Waals surface area (Å²) in [6, 6.07) is 7.34. The van der Waals surface area contributed by atoms with Crippen LogP contribution in [0.4, 0.5) is 0 Å². The monoisotopic (exact) mass is 580 g/mol. The number of rotatable bonds is 7. The van der Waals surface area contributed by atoms with E-state index >= 15 is 0 Å². The summed E-state index contributed by atoms with van der Waals surface area (Å²) in [7, 11) is 1.40. The Bertz CT molecular complexity index is 1440. The van der Waals surface area contributed by atoms with Crippen molar-refractivity contribution in [2.24, 2.45) is 5.92 Å². The van der Waals surface area contributed by atoms with Gasteiger partial charge >= 0.3 is 5.63 Å². The third-order valence-corrected chi connectivity index (χ3v) is 7.67. The molecule has 41 heavy (non-hydrogen) atoms. The number of ether oxygens (including phenoxy) is 4. The van der Waals surface area contributed by atoms with Gasteiger partial charge in [-0.1, -0.05) is 6.07 Å². The molecule has 2 aliphatic rings. The maximum absolute atomic E-state index is 12.9. The Labute approximate surface area is 232 Å². The number of aliphatic hydroxyl groups excluding tert-OH is 8. The molecule has 1 aliphatic carbocycles. The standard InChI is InChI=1S/C27H32O14/c1-37-13-4-2-3-12-18(13)19-14(39-16-5-10(8-28)20(30)23(33)21(16)31)6-11(7-15(19)40-26(12)36)38-27-25(35)24(34)22(32)17(9-29)41-27/h2-4,6-7,10,16-17,20-25,27-35H,5,8-9H2,1H3/t10-,16-,17-,20-,21+,22-,23+,24+,25-,27-/m1/s1. The molecular formula is C27H32O14. The highest BCUT2D eigenvalue weighted by Gasteiger charge is 2.46. The lowest BCUT2D eigenvalue weighted by molar-refractivity contribution is -0.277.